The summed E-state index contributed by atoms with van der Waals surface area (Å²) in [4.78, 5) is 0. The molecule has 0 aromatic heterocycles. The van der Waals surface area contributed by atoms with Crippen LogP contribution in [0, 0.1) is 86.8 Å². The molecular weight excluding hydrogens is 701 g/mol. The lowest BCUT2D eigenvalue weighted by molar-refractivity contribution is -0.0969. The molecule has 57 heavy (non-hydrogen) atoms. The number of hydrogen-bond acceptors (Lipinski definition) is 0. The number of allylic oxidation sites excluding steroid dienone is 1. The van der Waals surface area contributed by atoms with E-state index in [0.717, 1.165) is 76.2 Å². The van der Waals surface area contributed by atoms with E-state index in [1.165, 1.54) is 109 Å². The molecule has 7 aliphatic carbocycles. The van der Waals surface area contributed by atoms with Gasteiger partial charge in [0.2, 0.25) is 0 Å². The minimum Gasteiger partial charge on any atom is -0.103 e. The third kappa shape index (κ3) is 6.69. The summed E-state index contributed by atoms with van der Waals surface area (Å²) in [6.45, 7) is 25.8. The number of fused-ring (bicyclic) bond motifs is 6. The smallest absolute Gasteiger partial charge is 0.103 e. The molecule has 2 aromatic rings. The monoisotopic (exact) mass is 785 g/mol. The summed E-state index contributed by atoms with van der Waals surface area (Å²) in [7, 11) is -2.40. The largest absolute Gasteiger partial charge is 0.124 e. The van der Waals surface area contributed by atoms with Gasteiger partial charge < -0.3 is 0 Å². The average molecular weight is 785 g/mol. The average Bonchev–Trinajstić information content (AvgIpc) is 3.73. The molecule has 12 atom stereocenters. The van der Waals surface area contributed by atoms with Crippen LogP contribution in [0.3, 0.4) is 0 Å². The van der Waals surface area contributed by atoms with E-state index in [1.54, 1.807) is 0 Å². The van der Waals surface area contributed by atoms with Crippen molar-refractivity contribution in [1.82, 2.24) is 0 Å². The summed E-state index contributed by atoms with van der Waals surface area (Å²) in [5.74, 6) is 9.84. The second-order valence-electron chi connectivity index (χ2n) is 24.9. The Morgan fingerprint density at radius 2 is 0.947 bits per heavy atom. The molecule has 0 bridgehead atoms. The zero-order valence-electron chi connectivity index (χ0n) is 38.1. The molecule has 0 nitrogen and oxygen atoms in total. The molecule has 0 N–H and O–H groups in total. The summed E-state index contributed by atoms with van der Waals surface area (Å²) >= 11 is 0. The Labute approximate surface area is 352 Å². The van der Waals surface area contributed by atoms with Crippen molar-refractivity contribution in [3.05, 3.63) is 73.3 Å². The minimum absolute atomic E-state index is 0.448. The fraction of sp³-hybridized carbons (Fsp3) is 0.750. The van der Waals surface area contributed by atoms with E-state index in [4.69, 9.17) is 0 Å². The van der Waals surface area contributed by atoms with E-state index in [1.807, 2.05) is 10.4 Å². The van der Waals surface area contributed by atoms with E-state index in [2.05, 4.69) is 129 Å². The summed E-state index contributed by atoms with van der Waals surface area (Å²) in [5, 5.41) is 3.69. The van der Waals surface area contributed by atoms with Crippen LogP contribution in [0.25, 0.3) is 0 Å². The molecule has 312 valence electrons. The molecule has 1 heteroatoms. The van der Waals surface area contributed by atoms with Crippen molar-refractivity contribution in [1.29, 1.82) is 0 Å². The lowest BCUT2D eigenvalue weighted by Gasteiger charge is -2.59. The van der Waals surface area contributed by atoms with Crippen LogP contribution in [-0.4, -0.2) is 8.07 Å². The van der Waals surface area contributed by atoms with Crippen molar-refractivity contribution in [3.8, 4) is 0 Å². The first-order chi connectivity index (χ1) is 27.2. The van der Waals surface area contributed by atoms with Crippen LogP contribution in [0.1, 0.15) is 165 Å². The summed E-state index contributed by atoms with van der Waals surface area (Å²) < 4.78 is 0. The van der Waals surface area contributed by atoms with Gasteiger partial charge in [0.15, 0.2) is 0 Å². The molecule has 12 unspecified atom stereocenters. The van der Waals surface area contributed by atoms with Crippen molar-refractivity contribution in [2.45, 2.75) is 176 Å². The normalized spacial score (nSPS) is 41.2. The summed E-state index contributed by atoms with van der Waals surface area (Å²) in [6.07, 6.45) is 26.8. The van der Waals surface area contributed by atoms with Gasteiger partial charge in [0.05, 0.1) is 0 Å². The van der Waals surface area contributed by atoms with E-state index in [9.17, 15) is 0 Å². The van der Waals surface area contributed by atoms with Gasteiger partial charge in [-0.05, 0) is 175 Å². The highest BCUT2D eigenvalue weighted by Crippen LogP contribution is 2.74. The molecule has 0 radical (unpaired) electrons. The Hall–Kier alpha value is -1.60. The molecular formula is C56H84Si. The maximum absolute atomic E-state index is 4.11. The Kier molecular flexibility index (Phi) is 10.8. The SMILES string of the molecule is C=CCCCCC1CC([Si](c2ccccc2)(c2ccccc2)C2C3CC4C(CC3C3CC5C(CC32)C(C)(C)CCC5(C)C)C(C)(C)CCC4(C)C)C2CCCCC12. The van der Waals surface area contributed by atoms with Crippen LogP contribution >= 0.6 is 0 Å². The van der Waals surface area contributed by atoms with E-state index < -0.39 is 8.07 Å². The Morgan fingerprint density at radius 3 is 1.39 bits per heavy atom. The Morgan fingerprint density at radius 1 is 0.526 bits per heavy atom. The highest BCUT2D eigenvalue weighted by molar-refractivity contribution is 7.04. The van der Waals surface area contributed by atoms with Gasteiger partial charge in [0, 0.05) is 0 Å². The van der Waals surface area contributed by atoms with Gasteiger partial charge in [0.25, 0.3) is 0 Å². The Bertz CT molecular complexity index is 1600. The predicted molar refractivity (Wildman–Crippen MR) is 248 cm³/mol. The van der Waals surface area contributed by atoms with Gasteiger partial charge in [-0.3, -0.25) is 0 Å². The van der Waals surface area contributed by atoms with Crippen molar-refractivity contribution in [2.75, 3.05) is 0 Å². The van der Waals surface area contributed by atoms with E-state index in [-0.39, 0.29) is 0 Å². The summed E-state index contributed by atoms with van der Waals surface area (Å²) in [5.41, 5.74) is 3.55. The van der Waals surface area contributed by atoms with E-state index in [0.29, 0.717) is 21.7 Å². The molecule has 0 aliphatic heterocycles. The third-order valence-electron chi connectivity index (χ3n) is 20.9. The zero-order chi connectivity index (χ0) is 40.0. The molecule has 9 rings (SSSR count). The number of benzene rings is 2. The Balaban J connectivity index is 1.26. The molecule has 2 aromatic carbocycles. The first kappa shape index (κ1) is 40.8. The molecule has 7 aliphatic rings. The molecule has 7 saturated carbocycles. The lowest BCUT2D eigenvalue weighted by atomic mass is 9.46. The van der Waals surface area contributed by atoms with E-state index >= 15 is 0 Å². The van der Waals surface area contributed by atoms with Crippen LogP contribution in [0.4, 0.5) is 0 Å². The van der Waals surface area contributed by atoms with Crippen molar-refractivity contribution in [2.24, 2.45) is 86.8 Å². The molecule has 7 fully saturated rings. The standard InChI is InChI=1S/C56H84Si/c1-10-11-12-15-22-38-33-51(42-28-21-20-27-41(38)42)57(39-23-16-13-17-24-39,40-25-18-14-19-26-40)52-45-36-49-47(53(2,3)29-31-55(49,6)7)34-43(45)44-35-48-50(37-46(44)52)56(8,9)32-30-54(48,4)5/h10,13-14,16-19,23-26,38,41-52H,1,11-12,15,20-22,27-37H2,2-9H3. The first-order valence-corrected chi connectivity index (χ1v) is 27.1. The minimum atomic E-state index is -2.40. The third-order valence-corrected chi connectivity index (χ3v) is 27.2. The van der Waals surface area contributed by atoms with Gasteiger partial charge >= 0.3 is 0 Å². The van der Waals surface area contributed by atoms with Gasteiger partial charge in [-0.15, -0.1) is 6.58 Å². The topological polar surface area (TPSA) is 0 Å². The van der Waals surface area contributed by atoms with Gasteiger partial charge in [-0.25, -0.2) is 0 Å². The maximum atomic E-state index is 4.11. The van der Waals surface area contributed by atoms with Crippen LogP contribution in [0.15, 0.2) is 73.3 Å². The van der Waals surface area contributed by atoms with Crippen LogP contribution in [0.2, 0.25) is 11.1 Å². The van der Waals surface area contributed by atoms with Crippen LogP contribution in [-0.2, 0) is 0 Å². The maximum Gasteiger partial charge on any atom is 0.124 e. The van der Waals surface area contributed by atoms with Crippen LogP contribution < -0.4 is 10.4 Å². The quantitative estimate of drug-likeness (QED) is 0.135. The van der Waals surface area contributed by atoms with Crippen molar-refractivity contribution >= 4 is 18.4 Å². The fourth-order valence-electron chi connectivity index (χ4n) is 18.0. The lowest BCUT2D eigenvalue weighted by Crippen LogP contribution is -2.68. The zero-order valence-corrected chi connectivity index (χ0v) is 39.1. The van der Waals surface area contributed by atoms with Crippen LogP contribution in [0.5, 0.6) is 0 Å². The van der Waals surface area contributed by atoms with Gasteiger partial charge in [0.1, 0.15) is 8.07 Å². The molecule has 0 amide bonds. The molecule has 0 saturated heterocycles. The highest BCUT2D eigenvalue weighted by atomic mass is 28.3. The number of hydrogen-bond donors (Lipinski definition) is 0. The molecule has 0 spiro atoms. The fourth-order valence-corrected chi connectivity index (χ4v) is 25.8. The first-order valence-electron chi connectivity index (χ1n) is 24.9. The predicted octanol–water partition coefficient (Wildman–Crippen LogP) is 14.8. The van der Waals surface area contributed by atoms with Crippen molar-refractivity contribution in [3.63, 3.8) is 0 Å². The molecule has 0 heterocycles. The number of unbranched alkanes of at least 4 members (excludes halogenated alkanes) is 2. The van der Waals surface area contributed by atoms with Gasteiger partial charge in [-0.1, -0.05) is 165 Å². The van der Waals surface area contributed by atoms with Crippen molar-refractivity contribution < 1.29 is 0 Å². The number of rotatable bonds is 9. The second kappa shape index (κ2) is 15.1. The van der Waals surface area contributed by atoms with Gasteiger partial charge in [-0.2, -0.15) is 0 Å². The second-order valence-corrected chi connectivity index (χ2v) is 29.2. The summed E-state index contributed by atoms with van der Waals surface area (Å²) in [6, 6.07) is 25.6. The highest BCUT2D eigenvalue weighted by Gasteiger charge is 2.70.